The molecule has 2 rings (SSSR count). The van der Waals surface area contributed by atoms with Gasteiger partial charge < -0.3 is 5.11 Å². The number of halogens is 2. The first kappa shape index (κ1) is 16.3. The smallest absolute Gasteiger partial charge is 0.306 e. The predicted octanol–water partition coefficient (Wildman–Crippen LogP) is 4.79. The van der Waals surface area contributed by atoms with E-state index in [4.69, 9.17) is 11.6 Å². The number of carboxylic acid groups (broad SMARTS) is 1. The fraction of sp³-hybridized carbons (Fsp3) is 0.588. The summed E-state index contributed by atoms with van der Waals surface area (Å²) in [7, 11) is 0. The number of carboxylic acids is 1. The van der Waals surface area contributed by atoms with E-state index in [2.05, 4.69) is 13.8 Å². The van der Waals surface area contributed by atoms with Crippen LogP contribution >= 0.6 is 11.6 Å². The Balaban J connectivity index is 2.17. The fourth-order valence-corrected chi connectivity index (χ4v) is 3.67. The van der Waals surface area contributed by atoms with E-state index in [0.717, 1.165) is 24.8 Å². The van der Waals surface area contributed by atoms with Crippen LogP contribution in [0.5, 0.6) is 0 Å². The summed E-state index contributed by atoms with van der Waals surface area (Å²) in [5.74, 6) is -0.203. The highest BCUT2D eigenvalue weighted by molar-refractivity contribution is 6.31. The molecule has 3 atom stereocenters. The summed E-state index contributed by atoms with van der Waals surface area (Å²) in [5, 5.41) is 9.83. The molecule has 0 spiro atoms. The van der Waals surface area contributed by atoms with Gasteiger partial charge in [-0.1, -0.05) is 31.5 Å². The van der Waals surface area contributed by atoms with Crippen molar-refractivity contribution in [2.24, 2.45) is 23.7 Å². The van der Waals surface area contributed by atoms with Crippen LogP contribution < -0.4 is 0 Å². The highest BCUT2D eigenvalue weighted by Gasteiger charge is 2.36. The van der Waals surface area contributed by atoms with Gasteiger partial charge in [-0.15, -0.1) is 0 Å². The third-order valence-corrected chi connectivity index (χ3v) is 5.13. The highest BCUT2D eigenvalue weighted by atomic mass is 35.5. The molecule has 1 N–H and O–H groups in total. The van der Waals surface area contributed by atoms with Gasteiger partial charge >= 0.3 is 5.97 Å². The number of aliphatic carboxylic acids is 1. The van der Waals surface area contributed by atoms with E-state index in [1.807, 2.05) is 0 Å². The molecule has 2 nitrogen and oxygen atoms in total. The molecule has 0 heterocycles. The maximum Gasteiger partial charge on any atom is 0.306 e. The predicted molar refractivity (Wildman–Crippen MR) is 81.9 cm³/mol. The molecule has 1 aliphatic carbocycles. The third kappa shape index (κ3) is 3.97. The lowest BCUT2D eigenvalue weighted by atomic mass is 9.69. The van der Waals surface area contributed by atoms with Crippen LogP contribution in [0.1, 0.15) is 38.7 Å². The Morgan fingerprint density at radius 1 is 1.43 bits per heavy atom. The van der Waals surface area contributed by atoms with E-state index in [1.54, 1.807) is 6.07 Å². The Kier molecular flexibility index (Phi) is 5.26. The molecule has 1 aromatic carbocycles. The number of hydrogen-bond acceptors (Lipinski definition) is 1. The van der Waals surface area contributed by atoms with Crippen LogP contribution in [-0.4, -0.2) is 11.1 Å². The van der Waals surface area contributed by atoms with Crippen molar-refractivity contribution in [1.82, 2.24) is 0 Å². The van der Waals surface area contributed by atoms with Crippen molar-refractivity contribution in [2.45, 2.75) is 39.5 Å². The Labute approximate surface area is 130 Å². The molecule has 0 bridgehead atoms. The first-order chi connectivity index (χ1) is 9.88. The zero-order valence-corrected chi connectivity index (χ0v) is 13.2. The summed E-state index contributed by atoms with van der Waals surface area (Å²) >= 11 is 6.09. The summed E-state index contributed by atoms with van der Waals surface area (Å²) in [6.45, 7) is 4.38. The van der Waals surface area contributed by atoms with E-state index < -0.39 is 5.97 Å². The van der Waals surface area contributed by atoms with Gasteiger partial charge in [-0.2, -0.15) is 0 Å². The lowest BCUT2D eigenvalue weighted by molar-refractivity contribution is -0.145. The maximum atomic E-state index is 13.1. The maximum absolute atomic E-state index is 13.1. The van der Waals surface area contributed by atoms with Crippen LogP contribution in [-0.2, 0) is 11.2 Å². The molecular formula is C17H22ClFO2. The van der Waals surface area contributed by atoms with Crippen LogP contribution in [0, 0.1) is 29.5 Å². The van der Waals surface area contributed by atoms with Gasteiger partial charge in [-0.05, 0) is 61.1 Å². The second kappa shape index (κ2) is 6.78. The lowest BCUT2D eigenvalue weighted by Crippen LogP contribution is -2.33. The molecule has 1 fully saturated rings. The van der Waals surface area contributed by atoms with Gasteiger partial charge in [0, 0.05) is 5.02 Å². The van der Waals surface area contributed by atoms with Crippen molar-refractivity contribution >= 4 is 17.6 Å². The Morgan fingerprint density at radius 3 is 2.71 bits per heavy atom. The Morgan fingerprint density at radius 2 is 2.14 bits per heavy atom. The van der Waals surface area contributed by atoms with Crippen molar-refractivity contribution in [1.29, 1.82) is 0 Å². The molecule has 0 saturated heterocycles. The summed E-state index contributed by atoms with van der Waals surface area (Å²) in [4.78, 5) is 11.5. The highest BCUT2D eigenvalue weighted by Crippen LogP contribution is 2.40. The molecule has 1 aliphatic rings. The van der Waals surface area contributed by atoms with Crippen LogP contribution in [0.15, 0.2) is 18.2 Å². The SMILES string of the molecule is CC(C)C1CCC(C(=O)O)C(Cc2ccc(F)cc2Cl)C1. The minimum absolute atomic E-state index is 0.0756. The average Bonchev–Trinajstić information content (AvgIpc) is 2.41. The zero-order valence-electron chi connectivity index (χ0n) is 12.5. The van der Waals surface area contributed by atoms with Gasteiger partial charge in [0.25, 0.3) is 0 Å². The van der Waals surface area contributed by atoms with E-state index >= 15 is 0 Å². The summed E-state index contributed by atoms with van der Waals surface area (Å²) in [6, 6.07) is 4.37. The normalized spacial score (nSPS) is 26.0. The summed E-state index contributed by atoms with van der Waals surface area (Å²) < 4.78 is 13.1. The second-order valence-electron chi connectivity index (χ2n) is 6.46. The zero-order chi connectivity index (χ0) is 15.6. The quantitative estimate of drug-likeness (QED) is 0.867. The number of benzene rings is 1. The van der Waals surface area contributed by atoms with Crippen molar-refractivity contribution < 1.29 is 14.3 Å². The van der Waals surface area contributed by atoms with Gasteiger partial charge in [0.05, 0.1) is 5.92 Å². The minimum atomic E-state index is -0.722. The average molecular weight is 313 g/mol. The van der Waals surface area contributed by atoms with Gasteiger partial charge in [0.15, 0.2) is 0 Å². The Hall–Kier alpha value is -1.09. The van der Waals surface area contributed by atoms with Crippen LogP contribution in [0.3, 0.4) is 0 Å². The molecule has 1 saturated carbocycles. The first-order valence-electron chi connectivity index (χ1n) is 7.55. The van der Waals surface area contributed by atoms with Crippen molar-refractivity contribution in [2.75, 3.05) is 0 Å². The molecule has 0 amide bonds. The van der Waals surface area contributed by atoms with E-state index in [-0.39, 0.29) is 17.7 Å². The molecule has 3 unspecified atom stereocenters. The molecule has 116 valence electrons. The van der Waals surface area contributed by atoms with Crippen molar-refractivity contribution in [3.05, 3.63) is 34.6 Å². The summed E-state index contributed by atoms with van der Waals surface area (Å²) in [6.07, 6.45) is 3.21. The van der Waals surface area contributed by atoms with Gasteiger partial charge in [-0.25, -0.2) is 4.39 Å². The number of rotatable bonds is 4. The first-order valence-corrected chi connectivity index (χ1v) is 7.93. The minimum Gasteiger partial charge on any atom is -0.481 e. The molecule has 21 heavy (non-hydrogen) atoms. The topological polar surface area (TPSA) is 37.3 Å². The van der Waals surface area contributed by atoms with Crippen LogP contribution in [0.4, 0.5) is 4.39 Å². The molecular weight excluding hydrogens is 291 g/mol. The van der Waals surface area contributed by atoms with Crippen LogP contribution in [0.25, 0.3) is 0 Å². The van der Waals surface area contributed by atoms with Crippen molar-refractivity contribution in [3.63, 3.8) is 0 Å². The van der Waals surface area contributed by atoms with Gasteiger partial charge in [0.2, 0.25) is 0 Å². The standard InChI is InChI=1S/C17H22ClFO2/c1-10(2)11-4-6-15(17(20)21)13(7-11)8-12-3-5-14(19)9-16(12)18/h3,5,9-11,13,15H,4,6-8H2,1-2H3,(H,20,21). The van der Waals surface area contributed by atoms with Gasteiger partial charge in [-0.3, -0.25) is 4.79 Å². The van der Waals surface area contributed by atoms with E-state index in [1.165, 1.54) is 12.1 Å². The number of carbonyl (C=O) groups is 1. The van der Waals surface area contributed by atoms with Crippen molar-refractivity contribution in [3.8, 4) is 0 Å². The lowest BCUT2D eigenvalue weighted by Gasteiger charge is -2.36. The van der Waals surface area contributed by atoms with E-state index in [0.29, 0.717) is 23.3 Å². The molecule has 0 radical (unpaired) electrons. The largest absolute Gasteiger partial charge is 0.481 e. The van der Waals surface area contributed by atoms with E-state index in [9.17, 15) is 14.3 Å². The molecule has 1 aromatic rings. The molecule has 4 heteroatoms. The van der Waals surface area contributed by atoms with Gasteiger partial charge in [0.1, 0.15) is 5.82 Å². The monoisotopic (exact) mass is 312 g/mol. The molecule has 0 aromatic heterocycles. The fourth-order valence-electron chi connectivity index (χ4n) is 3.43. The Bertz CT molecular complexity index is 516. The third-order valence-electron chi connectivity index (χ3n) is 4.78. The summed E-state index contributed by atoms with van der Waals surface area (Å²) in [5.41, 5.74) is 0.846. The second-order valence-corrected chi connectivity index (χ2v) is 6.87. The van der Waals surface area contributed by atoms with Crippen LogP contribution in [0.2, 0.25) is 5.02 Å². The number of hydrogen-bond donors (Lipinski definition) is 1. The molecule has 0 aliphatic heterocycles.